The molecule has 2 aliphatic rings. The molecule has 1 saturated heterocycles. The summed E-state index contributed by atoms with van der Waals surface area (Å²) in [6.45, 7) is 6.70. The number of hydrogen-bond donors (Lipinski definition) is 2. The van der Waals surface area contributed by atoms with Crippen molar-refractivity contribution in [3.05, 3.63) is 45.8 Å². The zero-order chi connectivity index (χ0) is 24.7. The van der Waals surface area contributed by atoms with Crippen LogP contribution in [0.1, 0.15) is 64.8 Å². The zero-order valence-electron chi connectivity index (χ0n) is 20.1. The minimum absolute atomic E-state index is 0.0390. The van der Waals surface area contributed by atoms with Crippen LogP contribution in [-0.4, -0.2) is 44.9 Å². The fourth-order valence-corrected chi connectivity index (χ4v) is 7.75. The molecule has 2 amide bonds. The average Bonchev–Trinajstić information content (AvgIpc) is 3.30. The van der Waals surface area contributed by atoms with Crippen LogP contribution in [0, 0.1) is 11.3 Å². The van der Waals surface area contributed by atoms with Gasteiger partial charge in [0.25, 0.3) is 11.8 Å². The Morgan fingerprint density at radius 3 is 2.56 bits per heavy atom. The van der Waals surface area contributed by atoms with E-state index in [4.69, 9.17) is 4.74 Å². The Morgan fingerprint density at radius 2 is 1.91 bits per heavy atom. The molecule has 0 bridgehead atoms. The van der Waals surface area contributed by atoms with Gasteiger partial charge in [-0.2, -0.15) is 0 Å². The second-order valence-electron chi connectivity index (χ2n) is 10.3. The molecule has 2 N–H and O–H groups in total. The molecule has 4 rings (SSSR count). The molecule has 34 heavy (non-hydrogen) atoms. The predicted molar refractivity (Wildman–Crippen MR) is 135 cm³/mol. The number of benzene rings is 1. The van der Waals surface area contributed by atoms with E-state index in [1.54, 1.807) is 31.4 Å². The lowest BCUT2D eigenvalue weighted by molar-refractivity contribution is 0.0941. The van der Waals surface area contributed by atoms with Gasteiger partial charge < -0.3 is 15.4 Å². The molecule has 1 aliphatic heterocycles. The summed E-state index contributed by atoms with van der Waals surface area (Å²) in [5.41, 5.74) is 2.04. The quantitative estimate of drug-likeness (QED) is 0.639. The molecule has 0 spiro atoms. The minimum atomic E-state index is -3.12. The first kappa shape index (κ1) is 24.7. The fraction of sp³-hybridized carbons (Fsp3) is 0.520. The summed E-state index contributed by atoms with van der Waals surface area (Å²) in [6.07, 6.45) is 3.00. The topological polar surface area (TPSA) is 102 Å². The highest BCUT2D eigenvalue weighted by Gasteiger charge is 2.36. The number of carbonyl (C=O) groups is 2. The molecule has 184 valence electrons. The van der Waals surface area contributed by atoms with E-state index in [1.807, 2.05) is 0 Å². The first-order chi connectivity index (χ1) is 16.0. The lowest BCUT2D eigenvalue weighted by atomic mass is 9.72. The van der Waals surface area contributed by atoms with Crippen LogP contribution >= 0.6 is 11.3 Å². The van der Waals surface area contributed by atoms with E-state index in [-0.39, 0.29) is 28.7 Å². The summed E-state index contributed by atoms with van der Waals surface area (Å²) in [7, 11) is -1.57. The Hall–Kier alpha value is -2.39. The Labute approximate surface area is 205 Å². The second kappa shape index (κ2) is 9.34. The number of carbonyl (C=O) groups excluding carboxylic acids is 2. The summed E-state index contributed by atoms with van der Waals surface area (Å²) >= 11 is 1.46. The summed E-state index contributed by atoms with van der Waals surface area (Å²) in [4.78, 5) is 27.6. The molecule has 7 nitrogen and oxygen atoms in total. The molecule has 0 saturated carbocycles. The lowest BCUT2D eigenvalue weighted by Crippen LogP contribution is -2.36. The molecule has 1 aromatic heterocycles. The third kappa shape index (κ3) is 5.30. The van der Waals surface area contributed by atoms with E-state index >= 15 is 0 Å². The van der Waals surface area contributed by atoms with Gasteiger partial charge in [-0.15, -0.1) is 11.3 Å². The second-order valence-corrected chi connectivity index (χ2v) is 13.6. The standard InChI is InChI=1S/C25H32N2O5S2/c1-25(2,3)16-8-9-19-20(13-16)33-24(27-22(28)15-6-5-7-18(12-15)32-4)21(19)23(29)26-17-10-11-34(30,31)14-17/h5-7,12,16-17H,8-11,13-14H2,1-4H3,(H,26,29)(H,27,28)/t16-,17-/m0/s1. The molecule has 2 aromatic rings. The van der Waals surface area contributed by atoms with Crippen LogP contribution in [0.25, 0.3) is 0 Å². The molecule has 0 unspecified atom stereocenters. The van der Waals surface area contributed by atoms with Crippen molar-refractivity contribution in [2.24, 2.45) is 11.3 Å². The number of ether oxygens (including phenoxy) is 1. The maximum absolute atomic E-state index is 13.4. The first-order valence-electron chi connectivity index (χ1n) is 11.6. The van der Waals surface area contributed by atoms with Crippen LogP contribution in [0.4, 0.5) is 5.00 Å². The van der Waals surface area contributed by atoms with Gasteiger partial charge in [0.15, 0.2) is 9.84 Å². The number of methoxy groups -OCH3 is 1. The van der Waals surface area contributed by atoms with Gasteiger partial charge in [0, 0.05) is 16.5 Å². The van der Waals surface area contributed by atoms with E-state index in [2.05, 4.69) is 31.4 Å². The average molecular weight is 505 g/mol. The maximum atomic E-state index is 13.4. The molecule has 2 atom stereocenters. The van der Waals surface area contributed by atoms with Crippen molar-refractivity contribution >= 4 is 38.0 Å². The smallest absolute Gasteiger partial charge is 0.256 e. The van der Waals surface area contributed by atoms with Crippen molar-refractivity contribution < 1.29 is 22.7 Å². The van der Waals surface area contributed by atoms with Crippen LogP contribution in [-0.2, 0) is 22.7 Å². The van der Waals surface area contributed by atoms with Crippen LogP contribution in [0.3, 0.4) is 0 Å². The third-order valence-electron chi connectivity index (χ3n) is 6.84. The Balaban J connectivity index is 1.65. The number of thiophene rings is 1. The predicted octanol–water partition coefficient (Wildman–Crippen LogP) is 4.08. The normalized spacial score (nSPS) is 21.5. The summed E-state index contributed by atoms with van der Waals surface area (Å²) in [6, 6.07) is 6.46. The van der Waals surface area contributed by atoms with Crippen molar-refractivity contribution in [1.82, 2.24) is 5.32 Å². The molecule has 1 fully saturated rings. The molecule has 1 aliphatic carbocycles. The SMILES string of the molecule is COc1cccc(C(=O)Nc2sc3c(c2C(=O)N[C@H]2CCS(=O)(=O)C2)CC[C@H](C(C)(C)C)C3)c1. The molecule has 9 heteroatoms. The van der Waals surface area contributed by atoms with Gasteiger partial charge in [0.2, 0.25) is 0 Å². The molecule has 0 radical (unpaired) electrons. The first-order valence-corrected chi connectivity index (χ1v) is 14.2. The summed E-state index contributed by atoms with van der Waals surface area (Å²) in [5.74, 6) is 0.481. The Bertz CT molecular complexity index is 1210. The number of sulfone groups is 1. The Morgan fingerprint density at radius 1 is 1.15 bits per heavy atom. The van der Waals surface area contributed by atoms with E-state index in [0.717, 1.165) is 29.7 Å². The largest absolute Gasteiger partial charge is 0.497 e. The fourth-order valence-electron chi connectivity index (χ4n) is 4.76. The van der Waals surface area contributed by atoms with Gasteiger partial charge in [0.1, 0.15) is 10.8 Å². The number of amides is 2. The Kier molecular flexibility index (Phi) is 6.79. The number of nitrogens with one attached hydrogen (secondary N) is 2. The van der Waals surface area contributed by atoms with Gasteiger partial charge in [-0.05, 0) is 60.8 Å². The number of hydrogen-bond acceptors (Lipinski definition) is 6. The van der Waals surface area contributed by atoms with E-state index in [9.17, 15) is 18.0 Å². The van der Waals surface area contributed by atoms with Crippen molar-refractivity contribution in [2.45, 2.75) is 52.5 Å². The number of fused-ring (bicyclic) bond motifs is 1. The van der Waals surface area contributed by atoms with Crippen molar-refractivity contribution in [1.29, 1.82) is 0 Å². The van der Waals surface area contributed by atoms with E-state index in [0.29, 0.717) is 34.2 Å². The molecular formula is C25H32N2O5S2. The summed E-state index contributed by atoms with van der Waals surface area (Å²) < 4.78 is 29.0. The van der Waals surface area contributed by atoms with Gasteiger partial charge >= 0.3 is 0 Å². The van der Waals surface area contributed by atoms with Crippen molar-refractivity contribution in [3.63, 3.8) is 0 Å². The van der Waals surface area contributed by atoms with Crippen molar-refractivity contribution in [3.8, 4) is 5.75 Å². The number of rotatable bonds is 5. The van der Waals surface area contributed by atoms with Crippen LogP contribution < -0.4 is 15.4 Å². The van der Waals surface area contributed by atoms with Crippen LogP contribution in [0.2, 0.25) is 0 Å². The highest BCUT2D eigenvalue weighted by Crippen LogP contribution is 2.44. The van der Waals surface area contributed by atoms with E-state index < -0.39 is 15.9 Å². The van der Waals surface area contributed by atoms with Gasteiger partial charge in [-0.1, -0.05) is 26.8 Å². The van der Waals surface area contributed by atoms with Gasteiger partial charge in [-0.25, -0.2) is 8.42 Å². The lowest BCUT2D eigenvalue weighted by Gasteiger charge is -2.33. The molecule has 1 aromatic carbocycles. The molecule has 2 heterocycles. The highest BCUT2D eigenvalue weighted by molar-refractivity contribution is 7.91. The molecular weight excluding hydrogens is 472 g/mol. The van der Waals surface area contributed by atoms with Gasteiger partial charge in [0.05, 0.1) is 24.2 Å². The highest BCUT2D eigenvalue weighted by atomic mass is 32.2. The maximum Gasteiger partial charge on any atom is 0.256 e. The van der Waals surface area contributed by atoms with Crippen LogP contribution in [0.15, 0.2) is 24.3 Å². The number of anilines is 1. The van der Waals surface area contributed by atoms with E-state index in [1.165, 1.54) is 11.3 Å². The monoisotopic (exact) mass is 504 g/mol. The third-order valence-corrected chi connectivity index (χ3v) is 9.78. The minimum Gasteiger partial charge on any atom is -0.497 e. The zero-order valence-corrected chi connectivity index (χ0v) is 21.7. The van der Waals surface area contributed by atoms with Crippen molar-refractivity contribution in [2.75, 3.05) is 23.9 Å². The van der Waals surface area contributed by atoms with Gasteiger partial charge in [-0.3, -0.25) is 9.59 Å². The summed E-state index contributed by atoms with van der Waals surface area (Å²) in [5, 5.41) is 6.39. The van der Waals surface area contributed by atoms with Crippen LogP contribution in [0.5, 0.6) is 5.75 Å².